The van der Waals surface area contributed by atoms with Crippen LogP contribution in [0.4, 0.5) is 0 Å². The van der Waals surface area contributed by atoms with Crippen molar-refractivity contribution < 1.29 is 4.79 Å². The number of nitrogens with one attached hydrogen (secondary N) is 2. The van der Waals surface area contributed by atoms with Crippen LogP contribution < -0.4 is 10.9 Å². The number of amides is 1. The van der Waals surface area contributed by atoms with Crippen molar-refractivity contribution in [1.82, 2.24) is 25.1 Å². The molecule has 0 saturated heterocycles. The molecule has 0 atom stereocenters. The van der Waals surface area contributed by atoms with Crippen LogP contribution in [-0.2, 0) is 24.8 Å². The fraction of sp³-hybridized carbons (Fsp3) is 0.333. The van der Waals surface area contributed by atoms with E-state index in [1.807, 2.05) is 39.1 Å². The van der Waals surface area contributed by atoms with E-state index in [4.69, 9.17) is 0 Å². The highest BCUT2D eigenvalue weighted by Gasteiger charge is 2.12. The van der Waals surface area contributed by atoms with Crippen LogP contribution >= 0.6 is 0 Å². The van der Waals surface area contributed by atoms with Gasteiger partial charge >= 0.3 is 0 Å². The molecule has 2 heterocycles. The minimum absolute atomic E-state index is 0.114. The molecule has 0 aliphatic carbocycles. The van der Waals surface area contributed by atoms with E-state index in [1.54, 1.807) is 10.7 Å². The highest BCUT2D eigenvalue weighted by molar-refractivity contribution is 5.76. The highest BCUT2D eigenvalue weighted by Crippen LogP contribution is 2.11. The van der Waals surface area contributed by atoms with Gasteiger partial charge in [-0.25, -0.2) is 4.98 Å². The molecule has 0 fully saturated rings. The third kappa shape index (κ3) is 3.60. The van der Waals surface area contributed by atoms with Crippen molar-refractivity contribution in [2.45, 2.75) is 33.2 Å². The summed E-state index contributed by atoms with van der Waals surface area (Å²) >= 11 is 0. The number of carbonyl (C=O) groups is 1. The number of benzene rings is 1. The van der Waals surface area contributed by atoms with E-state index in [-0.39, 0.29) is 17.9 Å². The van der Waals surface area contributed by atoms with Crippen LogP contribution in [0.5, 0.6) is 0 Å². The van der Waals surface area contributed by atoms with E-state index >= 15 is 0 Å². The second-order valence-electron chi connectivity index (χ2n) is 6.08. The molecule has 1 amide bonds. The fourth-order valence-corrected chi connectivity index (χ4v) is 2.82. The van der Waals surface area contributed by atoms with Crippen LogP contribution in [0.1, 0.15) is 29.1 Å². The van der Waals surface area contributed by atoms with Crippen LogP contribution in [0.15, 0.2) is 29.1 Å². The molecular formula is C18H21N5O2. The molecule has 0 aliphatic heterocycles. The number of hydrogen-bond donors (Lipinski definition) is 2. The van der Waals surface area contributed by atoms with Gasteiger partial charge in [0.05, 0.1) is 16.7 Å². The summed E-state index contributed by atoms with van der Waals surface area (Å²) in [6.07, 6.45) is 0.518. The van der Waals surface area contributed by atoms with Gasteiger partial charge in [-0.05, 0) is 26.0 Å². The molecule has 3 rings (SSSR count). The van der Waals surface area contributed by atoms with Crippen LogP contribution in [-0.4, -0.2) is 25.7 Å². The molecule has 1 aromatic carbocycles. The first-order valence-electron chi connectivity index (χ1n) is 8.19. The zero-order chi connectivity index (χ0) is 18.0. The maximum absolute atomic E-state index is 12.1. The molecule has 7 heteroatoms. The van der Waals surface area contributed by atoms with E-state index in [0.29, 0.717) is 24.2 Å². The lowest BCUT2D eigenvalue weighted by Gasteiger charge is -2.06. The molecule has 0 saturated carbocycles. The standard InChI is InChI=1S/C18H21N5O2/c1-11-13(12(2)23(3)22-11)10-19-17(24)9-8-16-18(25)21-15-7-5-4-6-14(15)20-16/h4-7H,8-10H2,1-3H3,(H,19,24)(H,21,25). The molecule has 3 aromatic rings. The van der Waals surface area contributed by atoms with Crippen molar-refractivity contribution in [2.24, 2.45) is 7.05 Å². The Labute approximate surface area is 145 Å². The van der Waals surface area contributed by atoms with Crippen LogP contribution in [0.2, 0.25) is 0 Å². The van der Waals surface area contributed by atoms with Crippen molar-refractivity contribution >= 4 is 16.9 Å². The van der Waals surface area contributed by atoms with Crippen molar-refractivity contribution in [2.75, 3.05) is 0 Å². The Bertz CT molecular complexity index is 987. The quantitative estimate of drug-likeness (QED) is 0.737. The molecule has 0 bridgehead atoms. The molecule has 25 heavy (non-hydrogen) atoms. The maximum Gasteiger partial charge on any atom is 0.270 e. The van der Waals surface area contributed by atoms with Crippen LogP contribution in [0.3, 0.4) is 0 Å². The largest absolute Gasteiger partial charge is 0.352 e. The van der Waals surface area contributed by atoms with Gasteiger partial charge in [0.15, 0.2) is 0 Å². The average Bonchev–Trinajstić information content (AvgIpc) is 2.83. The Hall–Kier alpha value is -2.96. The maximum atomic E-state index is 12.1. The SMILES string of the molecule is Cc1nn(C)c(C)c1CNC(=O)CCc1nc2ccccc2[nH]c1=O. The van der Waals surface area contributed by atoms with Gasteiger partial charge in [-0.2, -0.15) is 5.10 Å². The van der Waals surface area contributed by atoms with E-state index in [2.05, 4.69) is 20.4 Å². The molecule has 0 unspecified atom stereocenters. The number of aromatic amines is 1. The monoisotopic (exact) mass is 339 g/mol. The number of hydrogen-bond acceptors (Lipinski definition) is 4. The third-order valence-electron chi connectivity index (χ3n) is 4.38. The molecule has 0 spiro atoms. The Morgan fingerprint density at radius 1 is 1.28 bits per heavy atom. The molecule has 7 nitrogen and oxygen atoms in total. The van der Waals surface area contributed by atoms with Crippen LogP contribution in [0.25, 0.3) is 11.0 Å². The lowest BCUT2D eigenvalue weighted by atomic mass is 10.2. The summed E-state index contributed by atoms with van der Waals surface area (Å²) in [6.45, 7) is 4.33. The van der Waals surface area contributed by atoms with Gasteiger partial charge in [-0.3, -0.25) is 14.3 Å². The normalized spacial score (nSPS) is 11.0. The van der Waals surface area contributed by atoms with Crippen molar-refractivity contribution in [3.8, 4) is 0 Å². The molecule has 2 aromatic heterocycles. The van der Waals surface area contributed by atoms with Gasteiger partial charge in [0, 0.05) is 37.7 Å². The molecule has 2 N–H and O–H groups in total. The lowest BCUT2D eigenvalue weighted by Crippen LogP contribution is -2.25. The summed E-state index contributed by atoms with van der Waals surface area (Å²) in [5.41, 5.74) is 4.52. The van der Waals surface area contributed by atoms with Crippen molar-refractivity contribution in [3.63, 3.8) is 0 Å². The Kier molecular flexibility index (Phi) is 4.65. The minimum atomic E-state index is -0.245. The molecule has 130 valence electrons. The Balaban J connectivity index is 1.62. The van der Waals surface area contributed by atoms with Gasteiger partial charge in [0.25, 0.3) is 5.56 Å². The minimum Gasteiger partial charge on any atom is -0.352 e. The van der Waals surface area contributed by atoms with Gasteiger partial charge in [0.1, 0.15) is 5.69 Å². The second kappa shape index (κ2) is 6.88. The van der Waals surface area contributed by atoms with Gasteiger partial charge in [0.2, 0.25) is 5.91 Å². The number of H-pyrrole nitrogens is 1. The predicted molar refractivity (Wildman–Crippen MR) is 95.2 cm³/mol. The summed E-state index contributed by atoms with van der Waals surface area (Å²) in [4.78, 5) is 31.3. The average molecular weight is 339 g/mol. The summed E-state index contributed by atoms with van der Waals surface area (Å²) in [6, 6.07) is 7.35. The Morgan fingerprint density at radius 3 is 2.76 bits per heavy atom. The molecule has 0 aliphatic rings. The second-order valence-corrected chi connectivity index (χ2v) is 6.08. The number of aryl methyl sites for hydroxylation is 3. The first-order valence-corrected chi connectivity index (χ1v) is 8.19. The summed E-state index contributed by atoms with van der Waals surface area (Å²) < 4.78 is 1.80. The lowest BCUT2D eigenvalue weighted by molar-refractivity contribution is -0.121. The number of para-hydroxylation sites is 2. The predicted octanol–water partition coefficient (Wildman–Crippen LogP) is 1.52. The molecule has 0 radical (unpaired) electrons. The smallest absolute Gasteiger partial charge is 0.270 e. The van der Waals surface area contributed by atoms with E-state index < -0.39 is 0 Å². The zero-order valence-electron chi connectivity index (χ0n) is 14.6. The van der Waals surface area contributed by atoms with E-state index in [1.165, 1.54) is 0 Å². The van der Waals surface area contributed by atoms with Gasteiger partial charge < -0.3 is 10.3 Å². The number of carbonyl (C=O) groups excluding carboxylic acids is 1. The first-order chi connectivity index (χ1) is 12.0. The number of aromatic nitrogens is 4. The first kappa shape index (κ1) is 16.9. The summed E-state index contributed by atoms with van der Waals surface area (Å²) in [5.74, 6) is -0.114. The zero-order valence-corrected chi connectivity index (χ0v) is 14.6. The third-order valence-corrected chi connectivity index (χ3v) is 4.38. The number of fused-ring (bicyclic) bond motifs is 1. The number of nitrogens with zero attached hydrogens (tertiary/aromatic N) is 3. The van der Waals surface area contributed by atoms with Gasteiger partial charge in [-0.1, -0.05) is 12.1 Å². The van der Waals surface area contributed by atoms with Gasteiger partial charge in [-0.15, -0.1) is 0 Å². The van der Waals surface area contributed by atoms with Crippen LogP contribution in [0, 0.1) is 13.8 Å². The highest BCUT2D eigenvalue weighted by atomic mass is 16.1. The fourth-order valence-electron chi connectivity index (χ4n) is 2.82. The van der Waals surface area contributed by atoms with E-state index in [0.717, 1.165) is 22.5 Å². The van der Waals surface area contributed by atoms with Crippen molar-refractivity contribution in [3.05, 3.63) is 57.3 Å². The Morgan fingerprint density at radius 2 is 2.04 bits per heavy atom. The topological polar surface area (TPSA) is 92.7 Å². The summed E-state index contributed by atoms with van der Waals surface area (Å²) in [7, 11) is 1.88. The summed E-state index contributed by atoms with van der Waals surface area (Å²) in [5, 5.41) is 7.22. The van der Waals surface area contributed by atoms with E-state index in [9.17, 15) is 9.59 Å². The van der Waals surface area contributed by atoms with Crippen molar-refractivity contribution in [1.29, 1.82) is 0 Å². The number of rotatable bonds is 5. The molecular weight excluding hydrogens is 318 g/mol.